The molecule has 1 aromatic carbocycles. The van der Waals surface area contributed by atoms with E-state index < -0.39 is 5.69 Å². The van der Waals surface area contributed by atoms with Gasteiger partial charge in [-0.1, -0.05) is 12.1 Å². The van der Waals surface area contributed by atoms with Crippen molar-refractivity contribution in [2.45, 2.75) is 6.92 Å². The van der Waals surface area contributed by atoms with Gasteiger partial charge in [-0.15, -0.1) is 0 Å². The number of aromatic amines is 1. The van der Waals surface area contributed by atoms with Crippen molar-refractivity contribution in [3.8, 4) is 17.0 Å². The second kappa shape index (κ2) is 3.57. The van der Waals surface area contributed by atoms with Crippen molar-refractivity contribution in [3.63, 3.8) is 0 Å². The summed E-state index contributed by atoms with van der Waals surface area (Å²) in [6, 6.07) is 6.85. The molecule has 2 rings (SSSR count). The van der Waals surface area contributed by atoms with Gasteiger partial charge in [-0.3, -0.25) is 0 Å². The van der Waals surface area contributed by atoms with Crippen LogP contribution in [0, 0.1) is 6.92 Å². The predicted octanol–water partition coefficient (Wildman–Crippen LogP) is 1.45. The van der Waals surface area contributed by atoms with E-state index in [4.69, 9.17) is 0 Å². The van der Waals surface area contributed by atoms with E-state index in [0.717, 1.165) is 5.56 Å². The van der Waals surface area contributed by atoms with Gasteiger partial charge in [0.05, 0.1) is 5.69 Å². The number of aromatic nitrogens is 2. The van der Waals surface area contributed by atoms with Crippen LogP contribution in [0.2, 0.25) is 0 Å². The first-order valence-electron chi connectivity index (χ1n) is 4.53. The number of aryl methyl sites for hydroxylation is 1. The first-order chi connectivity index (χ1) is 7.18. The van der Waals surface area contributed by atoms with Crippen molar-refractivity contribution >= 4 is 0 Å². The number of phenols is 1. The molecule has 0 unspecified atom stereocenters. The molecule has 0 fully saturated rings. The first-order valence-corrected chi connectivity index (χ1v) is 4.53. The molecule has 0 saturated carbocycles. The van der Waals surface area contributed by atoms with Crippen LogP contribution < -0.4 is 5.69 Å². The number of phenolic OH excluding ortho intramolecular Hbond substituents is 1. The Morgan fingerprint density at radius 3 is 2.80 bits per heavy atom. The SMILES string of the molecule is Cc1cnc(=O)[nH]c1-c1ccccc1O. The van der Waals surface area contributed by atoms with Gasteiger partial charge >= 0.3 is 5.69 Å². The van der Waals surface area contributed by atoms with Gasteiger partial charge in [-0.05, 0) is 24.6 Å². The summed E-state index contributed by atoms with van der Waals surface area (Å²) in [5.41, 5.74) is 1.61. The van der Waals surface area contributed by atoms with E-state index in [1.54, 1.807) is 24.3 Å². The molecular formula is C11H10N2O2. The molecule has 0 saturated heterocycles. The number of rotatable bonds is 1. The van der Waals surface area contributed by atoms with Crippen molar-refractivity contribution in [1.29, 1.82) is 0 Å². The van der Waals surface area contributed by atoms with E-state index in [0.29, 0.717) is 11.3 Å². The molecule has 0 aliphatic heterocycles. The maximum atomic E-state index is 11.1. The molecular weight excluding hydrogens is 192 g/mol. The molecule has 15 heavy (non-hydrogen) atoms. The fourth-order valence-electron chi connectivity index (χ4n) is 1.42. The molecule has 76 valence electrons. The summed E-state index contributed by atoms with van der Waals surface area (Å²) in [5, 5.41) is 9.64. The molecule has 1 heterocycles. The zero-order valence-corrected chi connectivity index (χ0v) is 8.19. The average Bonchev–Trinajstić information content (AvgIpc) is 2.23. The van der Waals surface area contributed by atoms with Gasteiger partial charge in [0.15, 0.2) is 0 Å². The van der Waals surface area contributed by atoms with Gasteiger partial charge in [0.1, 0.15) is 5.75 Å². The van der Waals surface area contributed by atoms with Crippen LogP contribution in [0.15, 0.2) is 35.3 Å². The molecule has 0 spiro atoms. The molecule has 0 amide bonds. The summed E-state index contributed by atoms with van der Waals surface area (Å²) in [6.07, 6.45) is 1.49. The zero-order valence-electron chi connectivity index (χ0n) is 8.19. The zero-order chi connectivity index (χ0) is 10.8. The second-order valence-corrected chi connectivity index (χ2v) is 3.26. The van der Waals surface area contributed by atoms with Crippen molar-refractivity contribution < 1.29 is 5.11 Å². The van der Waals surface area contributed by atoms with Crippen LogP contribution in [0.1, 0.15) is 5.56 Å². The Morgan fingerprint density at radius 2 is 2.07 bits per heavy atom. The monoisotopic (exact) mass is 202 g/mol. The van der Waals surface area contributed by atoms with Crippen LogP contribution in [0.3, 0.4) is 0 Å². The highest BCUT2D eigenvalue weighted by molar-refractivity contribution is 5.68. The third-order valence-electron chi connectivity index (χ3n) is 2.18. The molecule has 0 aliphatic rings. The maximum absolute atomic E-state index is 11.1. The van der Waals surface area contributed by atoms with Crippen LogP contribution in [-0.2, 0) is 0 Å². The highest BCUT2D eigenvalue weighted by Gasteiger charge is 2.07. The molecule has 4 heteroatoms. The van der Waals surface area contributed by atoms with E-state index in [1.807, 2.05) is 6.92 Å². The fraction of sp³-hybridized carbons (Fsp3) is 0.0909. The van der Waals surface area contributed by atoms with E-state index >= 15 is 0 Å². The normalized spacial score (nSPS) is 10.2. The van der Waals surface area contributed by atoms with Crippen molar-refractivity contribution in [3.05, 3.63) is 46.5 Å². The summed E-state index contributed by atoms with van der Waals surface area (Å²) in [6.45, 7) is 1.82. The van der Waals surface area contributed by atoms with Crippen LogP contribution in [0.5, 0.6) is 5.75 Å². The van der Waals surface area contributed by atoms with Gasteiger partial charge in [0.2, 0.25) is 0 Å². The summed E-state index contributed by atoms with van der Waals surface area (Å²) < 4.78 is 0. The Hall–Kier alpha value is -2.10. The van der Waals surface area contributed by atoms with Crippen LogP contribution in [0.25, 0.3) is 11.3 Å². The lowest BCUT2D eigenvalue weighted by Gasteiger charge is -2.06. The van der Waals surface area contributed by atoms with Gasteiger partial charge in [0.25, 0.3) is 0 Å². The van der Waals surface area contributed by atoms with E-state index in [-0.39, 0.29) is 5.75 Å². The summed E-state index contributed by atoms with van der Waals surface area (Å²) in [7, 11) is 0. The number of nitrogens with one attached hydrogen (secondary N) is 1. The van der Waals surface area contributed by atoms with E-state index in [1.165, 1.54) is 6.20 Å². The van der Waals surface area contributed by atoms with Gasteiger partial charge < -0.3 is 10.1 Å². The quantitative estimate of drug-likeness (QED) is 0.735. The lowest BCUT2D eigenvalue weighted by Crippen LogP contribution is -2.11. The highest BCUT2D eigenvalue weighted by Crippen LogP contribution is 2.27. The summed E-state index contributed by atoms with van der Waals surface area (Å²) in [4.78, 5) is 17.3. The minimum atomic E-state index is -0.418. The Labute approximate surface area is 86.2 Å². The van der Waals surface area contributed by atoms with Gasteiger partial charge in [0, 0.05) is 11.8 Å². The van der Waals surface area contributed by atoms with E-state index in [2.05, 4.69) is 9.97 Å². The number of hydrogen-bond acceptors (Lipinski definition) is 3. The minimum Gasteiger partial charge on any atom is -0.507 e. The molecule has 0 atom stereocenters. The van der Waals surface area contributed by atoms with Crippen molar-refractivity contribution in [1.82, 2.24) is 9.97 Å². The molecule has 1 aromatic heterocycles. The summed E-state index contributed by atoms with van der Waals surface area (Å²) >= 11 is 0. The Kier molecular flexibility index (Phi) is 2.25. The molecule has 0 bridgehead atoms. The van der Waals surface area contributed by atoms with E-state index in [9.17, 15) is 9.90 Å². The lowest BCUT2D eigenvalue weighted by atomic mass is 10.1. The Morgan fingerprint density at radius 1 is 1.33 bits per heavy atom. The first kappa shape index (κ1) is 9.45. The number of para-hydroxylation sites is 1. The smallest absolute Gasteiger partial charge is 0.345 e. The average molecular weight is 202 g/mol. The minimum absolute atomic E-state index is 0.141. The number of nitrogens with zero attached hydrogens (tertiary/aromatic N) is 1. The number of hydrogen-bond donors (Lipinski definition) is 2. The Balaban J connectivity index is 2.69. The van der Waals surface area contributed by atoms with Gasteiger partial charge in [-0.25, -0.2) is 9.78 Å². The highest BCUT2D eigenvalue weighted by atomic mass is 16.3. The topological polar surface area (TPSA) is 66.0 Å². The van der Waals surface area contributed by atoms with Crippen LogP contribution >= 0.6 is 0 Å². The number of H-pyrrole nitrogens is 1. The van der Waals surface area contributed by atoms with Gasteiger partial charge in [-0.2, -0.15) is 0 Å². The standard InChI is InChI=1S/C11H10N2O2/c1-7-6-12-11(15)13-10(7)8-4-2-3-5-9(8)14/h2-6,14H,1H3,(H,12,13,15). The van der Waals surface area contributed by atoms with Crippen LogP contribution in [-0.4, -0.2) is 15.1 Å². The molecule has 2 aromatic rings. The van der Waals surface area contributed by atoms with Crippen molar-refractivity contribution in [2.75, 3.05) is 0 Å². The molecule has 4 nitrogen and oxygen atoms in total. The molecule has 2 N–H and O–H groups in total. The maximum Gasteiger partial charge on any atom is 0.345 e. The largest absolute Gasteiger partial charge is 0.507 e. The Bertz CT molecular complexity index is 546. The third-order valence-corrected chi connectivity index (χ3v) is 2.18. The third kappa shape index (κ3) is 1.74. The predicted molar refractivity (Wildman–Crippen MR) is 56.7 cm³/mol. The number of benzene rings is 1. The number of aromatic hydroxyl groups is 1. The molecule has 0 radical (unpaired) electrons. The fourth-order valence-corrected chi connectivity index (χ4v) is 1.42. The second-order valence-electron chi connectivity index (χ2n) is 3.26. The summed E-state index contributed by atoms with van der Waals surface area (Å²) in [5.74, 6) is 0.141. The van der Waals surface area contributed by atoms with Crippen molar-refractivity contribution in [2.24, 2.45) is 0 Å². The van der Waals surface area contributed by atoms with Crippen LogP contribution in [0.4, 0.5) is 0 Å². The lowest BCUT2D eigenvalue weighted by molar-refractivity contribution is 0.477. The molecule has 0 aliphatic carbocycles.